The summed E-state index contributed by atoms with van der Waals surface area (Å²) in [6, 6.07) is 5.09. The van der Waals surface area contributed by atoms with Gasteiger partial charge >= 0.3 is 0 Å². The van der Waals surface area contributed by atoms with Gasteiger partial charge in [0.25, 0.3) is 0 Å². The molecule has 0 fully saturated rings. The summed E-state index contributed by atoms with van der Waals surface area (Å²) in [4.78, 5) is 4.11. The third-order valence-corrected chi connectivity index (χ3v) is 3.13. The molecule has 1 aromatic carbocycles. The van der Waals surface area contributed by atoms with Crippen molar-refractivity contribution in [3.63, 3.8) is 0 Å². The third-order valence-electron chi connectivity index (χ3n) is 2.49. The SMILES string of the molecule is CCCCNC(=NC)NCc1ccc(Br)c(F)c1. The molecule has 0 amide bonds. The minimum Gasteiger partial charge on any atom is -0.356 e. The minimum atomic E-state index is -0.247. The molecule has 0 radical (unpaired) electrons. The van der Waals surface area contributed by atoms with Crippen molar-refractivity contribution in [3.05, 3.63) is 34.1 Å². The molecule has 0 heterocycles. The summed E-state index contributed by atoms with van der Waals surface area (Å²) in [6.07, 6.45) is 2.25. The van der Waals surface area contributed by atoms with Gasteiger partial charge in [0.1, 0.15) is 5.82 Å². The van der Waals surface area contributed by atoms with Crippen LogP contribution in [0.25, 0.3) is 0 Å². The molecule has 0 atom stereocenters. The van der Waals surface area contributed by atoms with Gasteiger partial charge in [0.15, 0.2) is 5.96 Å². The van der Waals surface area contributed by atoms with E-state index in [-0.39, 0.29) is 5.82 Å². The monoisotopic (exact) mass is 315 g/mol. The average molecular weight is 316 g/mol. The molecule has 0 unspecified atom stereocenters. The molecule has 0 aliphatic heterocycles. The van der Waals surface area contributed by atoms with E-state index in [1.54, 1.807) is 13.1 Å². The van der Waals surface area contributed by atoms with E-state index < -0.39 is 0 Å². The lowest BCUT2D eigenvalue weighted by atomic mass is 10.2. The highest BCUT2D eigenvalue weighted by Crippen LogP contribution is 2.16. The van der Waals surface area contributed by atoms with E-state index in [1.807, 2.05) is 6.07 Å². The van der Waals surface area contributed by atoms with Crippen LogP contribution in [0, 0.1) is 5.82 Å². The Bertz CT molecular complexity index is 407. The second kappa shape index (κ2) is 8.08. The van der Waals surface area contributed by atoms with Crippen LogP contribution in [0.2, 0.25) is 0 Å². The molecule has 0 aliphatic carbocycles. The van der Waals surface area contributed by atoms with E-state index >= 15 is 0 Å². The Morgan fingerprint density at radius 2 is 2.17 bits per heavy atom. The first kappa shape index (κ1) is 15.0. The number of hydrogen-bond acceptors (Lipinski definition) is 1. The van der Waals surface area contributed by atoms with Crippen LogP contribution in [0.4, 0.5) is 4.39 Å². The predicted octanol–water partition coefficient (Wildman–Crippen LogP) is 3.05. The van der Waals surface area contributed by atoms with Crippen LogP contribution in [0.5, 0.6) is 0 Å². The van der Waals surface area contributed by atoms with E-state index in [2.05, 4.69) is 38.5 Å². The highest BCUT2D eigenvalue weighted by molar-refractivity contribution is 9.10. The molecular weight excluding hydrogens is 297 g/mol. The molecule has 0 saturated carbocycles. The molecule has 1 aromatic rings. The highest BCUT2D eigenvalue weighted by atomic mass is 79.9. The van der Waals surface area contributed by atoms with Crippen molar-refractivity contribution in [2.45, 2.75) is 26.3 Å². The first-order chi connectivity index (χ1) is 8.67. The normalized spacial score (nSPS) is 11.4. The van der Waals surface area contributed by atoms with Gasteiger partial charge in [-0.3, -0.25) is 4.99 Å². The lowest BCUT2D eigenvalue weighted by Gasteiger charge is -2.11. The van der Waals surface area contributed by atoms with E-state index in [1.165, 1.54) is 6.07 Å². The topological polar surface area (TPSA) is 36.4 Å². The number of guanidine groups is 1. The van der Waals surface area contributed by atoms with Crippen molar-refractivity contribution in [2.75, 3.05) is 13.6 Å². The Kier molecular flexibility index (Phi) is 6.72. The summed E-state index contributed by atoms with van der Waals surface area (Å²) in [5.74, 6) is 0.495. The van der Waals surface area contributed by atoms with Gasteiger partial charge in [-0.2, -0.15) is 0 Å². The zero-order valence-electron chi connectivity index (χ0n) is 10.8. The smallest absolute Gasteiger partial charge is 0.191 e. The number of unbranched alkanes of at least 4 members (excludes halogenated alkanes) is 1. The summed E-state index contributed by atoms with van der Waals surface area (Å²) in [5, 5.41) is 6.35. The third kappa shape index (κ3) is 5.04. The van der Waals surface area contributed by atoms with Crippen LogP contribution in [-0.4, -0.2) is 19.6 Å². The molecule has 0 spiro atoms. The van der Waals surface area contributed by atoms with Crippen molar-refractivity contribution in [2.24, 2.45) is 4.99 Å². The molecule has 100 valence electrons. The molecular formula is C13H19BrFN3. The van der Waals surface area contributed by atoms with Gasteiger partial charge in [-0.25, -0.2) is 4.39 Å². The molecule has 18 heavy (non-hydrogen) atoms. The molecule has 1 rings (SSSR count). The predicted molar refractivity (Wildman–Crippen MR) is 77.2 cm³/mol. The quantitative estimate of drug-likeness (QED) is 0.498. The summed E-state index contributed by atoms with van der Waals surface area (Å²) in [6.45, 7) is 3.59. The lowest BCUT2D eigenvalue weighted by molar-refractivity contribution is 0.617. The van der Waals surface area contributed by atoms with E-state index in [9.17, 15) is 4.39 Å². The number of hydrogen-bond donors (Lipinski definition) is 2. The average Bonchev–Trinajstić information content (AvgIpc) is 2.37. The molecule has 0 saturated heterocycles. The largest absolute Gasteiger partial charge is 0.356 e. The van der Waals surface area contributed by atoms with Gasteiger partial charge in [-0.15, -0.1) is 0 Å². The molecule has 3 nitrogen and oxygen atoms in total. The van der Waals surface area contributed by atoms with Crippen molar-refractivity contribution >= 4 is 21.9 Å². The maximum atomic E-state index is 13.3. The first-order valence-corrected chi connectivity index (χ1v) is 6.85. The van der Waals surface area contributed by atoms with Crippen molar-refractivity contribution < 1.29 is 4.39 Å². The van der Waals surface area contributed by atoms with Gasteiger partial charge in [0.05, 0.1) is 4.47 Å². The van der Waals surface area contributed by atoms with Crippen LogP contribution < -0.4 is 10.6 Å². The Hall–Kier alpha value is -1.10. The van der Waals surface area contributed by atoms with Gasteiger partial charge in [-0.1, -0.05) is 19.4 Å². The number of nitrogens with zero attached hydrogens (tertiary/aromatic N) is 1. The van der Waals surface area contributed by atoms with Crippen molar-refractivity contribution in [3.8, 4) is 0 Å². The maximum Gasteiger partial charge on any atom is 0.191 e. The van der Waals surface area contributed by atoms with Crippen LogP contribution in [0.3, 0.4) is 0 Å². The molecule has 0 bridgehead atoms. The second-order valence-corrected chi connectivity index (χ2v) is 4.81. The fourth-order valence-electron chi connectivity index (χ4n) is 1.44. The van der Waals surface area contributed by atoms with Crippen molar-refractivity contribution in [1.82, 2.24) is 10.6 Å². The zero-order chi connectivity index (χ0) is 13.4. The summed E-state index contributed by atoms with van der Waals surface area (Å²) >= 11 is 3.13. The fourth-order valence-corrected chi connectivity index (χ4v) is 1.69. The second-order valence-electron chi connectivity index (χ2n) is 3.95. The number of rotatable bonds is 5. The first-order valence-electron chi connectivity index (χ1n) is 6.05. The summed E-state index contributed by atoms with van der Waals surface area (Å²) in [5.41, 5.74) is 0.883. The number of nitrogens with one attached hydrogen (secondary N) is 2. The number of halogens is 2. The van der Waals surface area contributed by atoms with Gasteiger partial charge in [0, 0.05) is 20.1 Å². The Labute approximate surface area is 116 Å². The highest BCUT2D eigenvalue weighted by Gasteiger charge is 2.02. The van der Waals surface area contributed by atoms with E-state index in [0.29, 0.717) is 11.0 Å². The fraction of sp³-hybridized carbons (Fsp3) is 0.462. The van der Waals surface area contributed by atoms with E-state index in [4.69, 9.17) is 0 Å². The Balaban J connectivity index is 2.45. The van der Waals surface area contributed by atoms with Crippen LogP contribution in [0.1, 0.15) is 25.3 Å². The Morgan fingerprint density at radius 1 is 1.39 bits per heavy atom. The van der Waals surface area contributed by atoms with Crippen LogP contribution >= 0.6 is 15.9 Å². The minimum absolute atomic E-state index is 0.247. The van der Waals surface area contributed by atoms with Crippen LogP contribution in [0.15, 0.2) is 27.7 Å². The summed E-state index contributed by atoms with van der Waals surface area (Å²) in [7, 11) is 1.73. The van der Waals surface area contributed by atoms with Gasteiger partial charge < -0.3 is 10.6 Å². The van der Waals surface area contributed by atoms with Gasteiger partial charge in [-0.05, 0) is 40.0 Å². The Morgan fingerprint density at radius 3 is 2.78 bits per heavy atom. The van der Waals surface area contributed by atoms with E-state index in [0.717, 1.165) is 30.9 Å². The zero-order valence-corrected chi connectivity index (χ0v) is 12.3. The molecule has 0 aliphatic rings. The molecule has 5 heteroatoms. The number of aliphatic imine (C=N–C) groups is 1. The van der Waals surface area contributed by atoms with Crippen LogP contribution in [-0.2, 0) is 6.54 Å². The lowest BCUT2D eigenvalue weighted by Crippen LogP contribution is -2.37. The molecule has 0 aromatic heterocycles. The summed E-state index contributed by atoms with van der Waals surface area (Å²) < 4.78 is 13.8. The maximum absolute atomic E-state index is 13.3. The standard InChI is InChI=1S/C13H19BrFN3/c1-3-4-7-17-13(16-2)18-9-10-5-6-11(14)12(15)8-10/h5-6,8H,3-4,7,9H2,1-2H3,(H2,16,17,18). The number of benzene rings is 1. The van der Waals surface area contributed by atoms with Gasteiger partial charge in [0.2, 0.25) is 0 Å². The van der Waals surface area contributed by atoms with Crippen molar-refractivity contribution in [1.29, 1.82) is 0 Å². The molecule has 2 N–H and O–H groups in total.